The molecule has 0 saturated carbocycles. The summed E-state index contributed by atoms with van der Waals surface area (Å²) >= 11 is 23.7. The Morgan fingerprint density at radius 3 is 1.20 bits per heavy atom. The Hall–Kier alpha value is -1.06. The van der Waals surface area contributed by atoms with E-state index in [1.54, 1.807) is 48.5 Å². The Bertz CT molecular complexity index is 586. The maximum atomic E-state index is 6.04. The van der Waals surface area contributed by atoms with Crippen LogP contribution in [0.15, 0.2) is 58.7 Å². The number of benzene rings is 2. The van der Waals surface area contributed by atoms with Gasteiger partial charge in [0.1, 0.15) is 0 Å². The molecule has 0 fully saturated rings. The van der Waals surface area contributed by atoms with Crippen molar-refractivity contribution in [2.24, 2.45) is 10.2 Å². The first-order valence-corrected chi connectivity index (χ1v) is 7.06. The van der Waals surface area contributed by atoms with E-state index < -0.39 is 0 Å². The molecule has 0 aromatic heterocycles. The minimum atomic E-state index is 0.230. The van der Waals surface area contributed by atoms with Crippen LogP contribution < -0.4 is 0 Å². The van der Waals surface area contributed by atoms with E-state index in [0.717, 1.165) is 0 Å². The van der Waals surface area contributed by atoms with Crippen LogP contribution in [0, 0.1) is 0 Å². The Morgan fingerprint density at radius 1 is 0.600 bits per heavy atom. The zero-order valence-electron chi connectivity index (χ0n) is 10.0. The van der Waals surface area contributed by atoms with Gasteiger partial charge in [-0.1, -0.05) is 70.7 Å². The minimum absolute atomic E-state index is 0.230. The number of hydrogen-bond acceptors (Lipinski definition) is 2. The van der Waals surface area contributed by atoms with Gasteiger partial charge in [0.25, 0.3) is 0 Å². The smallest absolute Gasteiger partial charge is 0.136 e. The maximum absolute atomic E-state index is 6.04. The van der Waals surface area contributed by atoms with Gasteiger partial charge in [-0.15, -0.1) is 10.2 Å². The normalized spacial score (nSPS) is 12.6. The van der Waals surface area contributed by atoms with Crippen molar-refractivity contribution >= 4 is 56.7 Å². The average Bonchev–Trinajstić information content (AvgIpc) is 2.46. The molecule has 0 N–H and O–H groups in total. The second kappa shape index (κ2) is 7.09. The highest BCUT2D eigenvalue weighted by atomic mass is 35.5. The molecule has 0 saturated heterocycles. The number of hydrogen-bond donors (Lipinski definition) is 0. The molecule has 0 aliphatic rings. The quantitative estimate of drug-likeness (QED) is 0.512. The van der Waals surface area contributed by atoms with E-state index in [2.05, 4.69) is 10.2 Å². The molecular formula is C14H8Cl4N2. The SMILES string of the molecule is ClC(=NN=C(Cl)c1ccc(Cl)cc1)c1ccc(Cl)cc1. The molecule has 2 aromatic carbocycles. The van der Waals surface area contributed by atoms with Crippen molar-refractivity contribution in [3.63, 3.8) is 0 Å². The van der Waals surface area contributed by atoms with Crippen LogP contribution in [0.2, 0.25) is 10.0 Å². The van der Waals surface area contributed by atoms with Crippen LogP contribution in [-0.4, -0.2) is 10.3 Å². The second-order valence-corrected chi connectivity index (χ2v) is 5.38. The number of halogens is 4. The van der Waals surface area contributed by atoms with Crippen LogP contribution in [0.1, 0.15) is 11.1 Å². The molecular weight excluding hydrogens is 338 g/mol. The topological polar surface area (TPSA) is 24.7 Å². The van der Waals surface area contributed by atoms with Gasteiger partial charge in [0.2, 0.25) is 0 Å². The standard InChI is InChI=1S/C14H8Cl4N2/c15-11-5-1-9(2-6-11)13(17)19-20-14(18)10-3-7-12(16)8-4-10/h1-8H. The van der Waals surface area contributed by atoms with Gasteiger partial charge in [-0.2, -0.15) is 0 Å². The second-order valence-electron chi connectivity index (χ2n) is 3.80. The summed E-state index contributed by atoms with van der Waals surface area (Å²) in [5.74, 6) is 0. The first-order chi connectivity index (χ1) is 9.56. The molecule has 0 spiro atoms. The molecule has 2 aromatic rings. The van der Waals surface area contributed by atoms with Gasteiger partial charge in [-0.05, 0) is 24.3 Å². The molecule has 2 rings (SSSR count). The van der Waals surface area contributed by atoms with Crippen LogP contribution in [0.5, 0.6) is 0 Å². The summed E-state index contributed by atoms with van der Waals surface area (Å²) in [5.41, 5.74) is 1.42. The molecule has 102 valence electrons. The molecule has 0 aliphatic carbocycles. The Balaban J connectivity index is 2.19. The average molecular weight is 346 g/mol. The van der Waals surface area contributed by atoms with Gasteiger partial charge in [0.15, 0.2) is 10.3 Å². The monoisotopic (exact) mass is 344 g/mol. The lowest BCUT2D eigenvalue weighted by molar-refractivity contribution is 1.25. The predicted molar refractivity (Wildman–Crippen MR) is 87.7 cm³/mol. The zero-order chi connectivity index (χ0) is 14.5. The van der Waals surface area contributed by atoms with Gasteiger partial charge in [-0.25, -0.2) is 0 Å². The largest absolute Gasteiger partial charge is 0.158 e. The minimum Gasteiger partial charge on any atom is -0.136 e. The highest BCUT2D eigenvalue weighted by Gasteiger charge is 2.02. The van der Waals surface area contributed by atoms with Crippen LogP contribution in [0.25, 0.3) is 0 Å². The summed E-state index contributed by atoms with van der Waals surface area (Å²) in [6, 6.07) is 13.9. The zero-order valence-corrected chi connectivity index (χ0v) is 13.0. The maximum Gasteiger partial charge on any atom is 0.158 e. The first kappa shape index (κ1) is 15.3. The molecule has 0 amide bonds. The Labute approximate surface area is 136 Å². The molecule has 0 radical (unpaired) electrons. The Kier molecular flexibility index (Phi) is 5.44. The third-order valence-electron chi connectivity index (χ3n) is 2.39. The molecule has 0 aliphatic heterocycles. The first-order valence-electron chi connectivity index (χ1n) is 5.55. The molecule has 0 bridgehead atoms. The molecule has 0 atom stereocenters. The van der Waals surface area contributed by atoms with Crippen molar-refractivity contribution < 1.29 is 0 Å². The summed E-state index contributed by atoms with van der Waals surface area (Å²) in [6.07, 6.45) is 0. The van der Waals surface area contributed by atoms with E-state index in [9.17, 15) is 0 Å². The fourth-order valence-electron chi connectivity index (χ4n) is 1.38. The molecule has 2 nitrogen and oxygen atoms in total. The highest BCUT2D eigenvalue weighted by Crippen LogP contribution is 2.14. The van der Waals surface area contributed by atoms with Gasteiger partial charge in [-0.3, -0.25) is 0 Å². The lowest BCUT2D eigenvalue weighted by Gasteiger charge is -1.98. The van der Waals surface area contributed by atoms with E-state index in [1.165, 1.54) is 0 Å². The lowest BCUT2D eigenvalue weighted by Crippen LogP contribution is -1.93. The third kappa shape index (κ3) is 4.22. The van der Waals surface area contributed by atoms with Gasteiger partial charge < -0.3 is 0 Å². The molecule has 6 heteroatoms. The summed E-state index contributed by atoms with van der Waals surface area (Å²) < 4.78 is 0. The van der Waals surface area contributed by atoms with Gasteiger partial charge in [0, 0.05) is 21.2 Å². The third-order valence-corrected chi connectivity index (χ3v) is 3.48. The van der Waals surface area contributed by atoms with E-state index in [1.807, 2.05) is 0 Å². The summed E-state index contributed by atoms with van der Waals surface area (Å²) in [4.78, 5) is 0. The van der Waals surface area contributed by atoms with Crippen LogP contribution in [0.3, 0.4) is 0 Å². The Morgan fingerprint density at radius 2 is 0.900 bits per heavy atom. The van der Waals surface area contributed by atoms with Crippen molar-refractivity contribution in [3.8, 4) is 0 Å². The fourth-order valence-corrected chi connectivity index (χ4v) is 1.96. The van der Waals surface area contributed by atoms with E-state index >= 15 is 0 Å². The predicted octanol–water partition coefficient (Wildman–Crippen LogP) is 5.58. The van der Waals surface area contributed by atoms with E-state index in [0.29, 0.717) is 21.2 Å². The van der Waals surface area contributed by atoms with Crippen LogP contribution in [0.4, 0.5) is 0 Å². The van der Waals surface area contributed by atoms with Crippen molar-refractivity contribution in [2.45, 2.75) is 0 Å². The van der Waals surface area contributed by atoms with Crippen molar-refractivity contribution in [1.29, 1.82) is 0 Å². The van der Waals surface area contributed by atoms with E-state index in [-0.39, 0.29) is 10.3 Å². The van der Waals surface area contributed by atoms with Crippen molar-refractivity contribution in [2.75, 3.05) is 0 Å². The van der Waals surface area contributed by atoms with Gasteiger partial charge >= 0.3 is 0 Å². The molecule has 0 heterocycles. The van der Waals surface area contributed by atoms with Crippen LogP contribution in [-0.2, 0) is 0 Å². The number of nitrogens with zero attached hydrogens (tertiary/aromatic N) is 2. The summed E-state index contributed by atoms with van der Waals surface area (Å²) in [5, 5.41) is 9.48. The molecule has 20 heavy (non-hydrogen) atoms. The number of rotatable bonds is 3. The summed E-state index contributed by atoms with van der Waals surface area (Å²) in [7, 11) is 0. The summed E-state index contributed by atoms with van der Waals surface area (Å²) in [6.45, 7) is 0. The fraction of sp³-hybridized carbons (Fsp3) is 0. The van der Waals surface area contributed by atoms with E-state index in [4.69, 9.17) is 46.4 Å². The van der Waals surface area contributed by atoms with Crippen LogP contribution >= 0.6 is 46.4 Å². The molecule has 0 unspecified atom stereocenters. The van der Waals surface area contributed by atoms with Crippen molar-refractivity contribution in [3.05, 3.63) is 69.7 Å². The van der Waals surface area contributed by atoms with Crippen molar-refractivity contribution in [1.82, 2.24) is 0 Å². The van der Waals surface area contributed by atoms with Gasteiger partial charge in [0.05, 0.1) is 0 Å². The lowest BCUT2D eigenvalue weighted by atomic mass is 10.2. The highest BCUT2D eigenvalue weighted by molar-refractivity contribution is 6.71.